The molecule has 0 saturated heterocycles. The monoisotopic (exact) mass is 594 g/mol. The first-order valence-electron chi connectivity index (χ1n) is 14.4. The number of carboxylic acids is 1. The van der Waals surface area contributed by atoms with Crippen LogP contribution in [0, 0.1) is 5.41 Å². The van der Waals surface area contributed by atoms with Crippen LogP contribution in [0.4, 0.5) is 11.4 Å². The van der Waals surface area contributed by atoms with E-state index in [9.17, 15) is 19.5 Å². The van der Waals surface area contributed by atoms with Crippen molar-refractivity contribution in [3.8, 4) is 11.5 Å². The molecule has 0 aliphatic rings. The van der Waals surface area contributed by atoms with Gasteiger partial charge in [-0.1, -0.05) is 81.4 Å². The third kappa shape index (κ3) is 8.25. The van der Waals surface area contributed by atoms with Crippen molar-refractivity contribution in [2.24, 2.45) is 5.41 Å². The molecule has 2 N–H and O–H groups in total. The van der Waals surface area contributed by atoms with E-state index >= 15 is 0 Å². The van der Waals surface area contributed by atoms with Gasteiger partial charge in [-0.05, 0) is 42.0 Å². The first-order valence-corrected chi connectivity index (χ1v) is 14.4. The lowest BCUT2D eigenvalue weighted by Gasteiger charge is -2.29. The van der Waals surface area contributed by atoms with E-state index in [1.54, 1.807) is 72.7 Å². The minimum Gasteiger partial charge on any atom is -0.497 e. The lowest BCUT2D eigenvalue weighted by atomic mass is 9.94. The second-order valence-corrected chi connectivity index (χ2v) is 11.4. The molecule has 8 nitrogen and oxygen atoms in total. The number of carbonyl (C=O) groups excluding carboxylic acids is 2. The predicted molar refractivity (Wildman–Crippen MR) is 172 cm³/mol. The highest BCUT2D eigenvalue weighted by Crippen LogP contribution is 2.27. The van der Waals surface area contributed by atoms with E-state index in [1.807, 2.05) is 63.2 Å². The number of rotatable bonds is 13. The van der Waals surface area contributed by atoms with Crippen LogP contribution in [0.1, 0.15) is 42.3 Å². The summed E-state index contributed by atoms with van der Waals surface area (Å²) in [5.74, 6) is -0.00163. The molecule has 0 fully saturated rings. The molecule has 44 heavy (non-hydrogen) atoms. The number of hydrogen-bond acceptors (Lipinski definition) is 6. The lowest BCUT2D eigenvalue weighted by Crippen LogP contribution is -2.41. The molecule has 0 heterocycles. The third-order valence-corrected chi connectivity index (χ3v) is 7.03. The van der Waals surface area contributed by atoms with Crippen molar-refractivity contribution in [2.75, 3.05) is 30.5 Å². The smallest absolute Gasteiger partial charge is 0.326 e. The van der Waals surface area contributed by atoms with Gasteiger partial charge in [-0.25, -0.2) is 4.79 Å². The maximum atomic E-state index is 13.2. The highest BCUT2D eigenvalue weighted by molar-refractivity contribution is 6.12. The van der Waals surface area contributed by atoms with Crippen LogP contribution in [0.2, 0.25) is 0 Å². The van der Waals surface area contributed by atoms with Crippen LogP contribution in [0.25, 0.3) is 0 Å². The van der Waals surface area contributed by atoms with Crippen molar-refractivity contribution in [1.29, 1.82) is 0 Å². The van der Waals surface area contributed by atoms with Gasteiger partial charge in [-0.2, -0.15) is 0 Å². The Labute approximate surface area is 258 Å². The van der Waals surface area contributed by atoms with Gasteiger partial charge in [0.1, 0.15) is 24.1 Å². The number of carboxylic acid groups (broad SMARTS) is 1. The first kappa shape index (κ1) is 31.8. The zero-order valence-electron chi connectivity index (χ0n) is 25.4. The minimum atomic E-state index is -1.03. The highest BCUT2D eigenvalue weighted by Gasteiger charge is 2.28. The number of benzene rings is 4. The number of carbonyl (C=O) groups is 3. The van der Waals surface area contributed by atoms with Gasteiger partial charge in [0.25, 0.3) is 0 Å². The highest BCUT2D eigenvalue weighted by atomic mass is 16.5. The molecule has 1 amide bonds. The topological polar surface area (TPSA) is 105 Å². The number of ketones is 1. The Morgan fingerprint density at radius 2 is 1.52 bits per heavy atom. The molecule has 0 aliphatic heterocycles. The van der Waals surface area contributed by atoms with Crippen molar-refractivity contribution in [2.45, 2.75) is 33.2 Å². The summed E-state index contributed by atoms with van der Waals surface area (Å²) in [6.07, 6.45) is 0.188. The number of aliphatic carboxylic acids is 1. The van der Waals surface area contributed by atoms with Gasteiger partial charge in [-0.3, -0.25) is 9.59 Å². The molecule has 0 unspecified atom stereocenters. The van der Waals surface area contributed by atoms with Crippen molar-refractivity contribution in [3.05, 3.63) is 120 Å². The molecular weight excluding hydrogens is 556 g/mol. The summed E-state index contributed by atoms with van der Waals surface area (Å²) in [5, 5.41) is 13.0. The third-order valence-electron chi connectivity index (χ3n) is 7.03. The predicted octanol–water partition coefficient (Wildman–Crippen LogP) is 6.49. The number of hydrogen-bond donors (Lipinski definition) is 2. The van der Waals surface area contributed by atoms with Crippen molar-refractivity contribution < 1.29 is 29.0 Å². The van der Waals surface area contributed by atoms with Gasteiger partial charge >= 0.3 is 5.97 Å². The Morgan fingerprint density at radius 3 is 2.18 bits per heavy atom. The summed E-state index contributed by atoms with van der Waals surface area (Å²) in [6, 6.07) is 29.4. The zero-order valence-corrected chi connectivity index (χ0v) is 25.4. The Bertz CT molecular complexity index is 1580. The maximum absolute atomic E-state index is 13.2. The van der Waals surface area contributed by atoms with Crippen LogP contribution < -0.4 is 19.7 Å². The fraction of sp³-hybridized carbons (Fsp3) is 0.250. The van der Waals surface area contributed by atoms with Crippen LogP contribution in [-0.2, 0) is 16.0 Å². The van der Waals surface area contributed by atoms with Crippen LogP contribution in [0.15, 0.2) is 103 Å². The SMILES string of the molecule is COc1cccc(N(CCOc2ccc(C[C@H](Nc3ccccc3C(=O)c3ccccc3)C(=O)O)cc2)C(=O)C(C)(C)C)c1. The molecular formula is C36H38N2O6. The molecule has 0 radical (unpaired) electrons. The number of methoxy groups -OCH3 is 1. The number of anilines is 2. The molecule has 0 aromatic heterocycles. The molecule has 0 bridgehead atoms. The largest absolute Gasteiger partial charge is 0.497 e. The molecule has 0 aliphatic carbocycles. The lowest BCUT2D eigenvalue weighted by molar-refractivity contribution is -0.137. The quantitative estimate of drug-likeness (QED) is 0.170. The number of nitrogens with one attached hydrogen (secondary N) is 1. The Kier molecular flexibility index (Phi) is 10.4. The van der Waals surface area contributed by atoms with Gasteiger partial charge in [0, 0.05) is 40.4 Å². The van der Waals surface area contributed by atoms with Gasteiger partial charge in [-0.15, -0.1) is 0 Å². The average molecular weight is 595 g/mol. The van der Waals surface area contributed by atoms with E-state index in [1.165, 1.54) is 0 Å². The second-order valence-electron chi connectivity index (χ2n) is 11.4. The van der Waals surface area contributed by atoms with E-state index in [0.29, 0.717) is 34.9 Å². The molecule has 4 aromatic carbocycles. The number of para-hydroxylation sites is 1. The summed E-state index contributed by atoms with van der Waals surface area (Å²) in [4.78, 5) is 40.2. The molecule has 228 valence electrons. The molecule has 8 heteroatoms. The van der Waals surface area contributed by atoms with E-state index < -0.39 is 17.4 Å². The van der Waals surface area contributed by atoms with Gasteiger partial charge in [0.15, 0.2) is 5.78 Å². The van der Waals surface area contributed by atoms with Crippen molar-refractivity contribution in [3.63, 3.8) is 0 Å². The van der Waals surface area contributed by atoms with Gasteiger partial charge < -0.3 is 24.8 Å². The van der Waals surface area contributed by atoms with Gasteiger partial charge in [0.2, 0.25) is 5.91 Å². The summed E-state index contributed by atoms with van der Waals surface area (Å²) in [5.41, 5.74) is 2.31. The molecule has 4 rings (SSSR count). The molecule has 1 atom stereocenters. The van der Waals surface area contributed by atoms with Crippen LogP contribution >= 0.6 is 0 Å². The van der Waals surface area contributed by atoms with E-state index in [2.05, 4.69) is 5.32 Å². The summed E-state index contributed by atoms with van der Waals surface area (Å²) < 4.78 is 11.3. The van der Waals surface area contributed by atoms with Crippen molar-refractivity contribution >= 4 is 29.0 Å². The minimum absolute atomic E-state index is 0.0380. The Hall–Kier alpha value is -5.11. The maximum Gasteiger partial charge on any atom is 0.326 e. The molecule has 0 saturated carbocycles. The van der Waals surface area contributed by atoms with E-state index in [-0.39, 0.29) is 24.7 Å². The second kappa shape index (κ2) is 14.4. The summed E-state index contributed by atoms with van der Waals surface area (Å²) >= 11 is 0. The van der Waals surface area contributed by atoms with Gasteiger partial charge in [0.05, 0.1) is 13.7 Å². The number of ether oxygens (including phenoxy) is 2. The van der Waals surface area contributed by atoms with E-state index in [4.69, 9.17) is 9.47 Å². The molecule has 0 spiro atoms. The zero-order chi connectivity index (χ0) is 31.7. The number of nitrogens with zero attached hydrogens (tertiary/aromatic N) is 1. The van der Waals surface area contributed by atoms with Crippen LogP contribution in [-0.4, -0.2) is 49.1 Å². The first-order chi connectivity index (χ1) is 21.1. The molecule has 4 aromatic rings. The standard InChI is InChI=1S/C36H38N2O6/c1-36(2,3)35(42)38(27-13-10-14-29(24-27)43-4)21-22-44-28-19-17-25(18-20-28)23-32(34(40)41)37-31-16-9-8-15-30(31)33(39)26-11-6-5-7-12-26/h5-20,24,32,37H,21-23H2,1-4H3,(H,40,41)/t32-/m0/s1. The fourth-order valence-electron chi connectivity index (χ4n) is 4.68. The van der Waals surface area contributed by atoms with E-state index in [0.717, 1.165) is 11.3 Å². The summed E-state index contributed by atoms with van der Waals surface area (Å²) in [6.45, 7) is 6.21. The van der Waals surface area contributed by atoms with Crippen LogP contribution in [0.5, 0.6) is 11.5 Å². The number of amides is 1. The summed E-state index contributed by atoms with van der Waals surface area (Å²) in [7, 11) is 1.59. The van der Waals surface area contributed by atoms with Crippen LogP contribution in [0.3, 0.4) is 0 Å². The normalized spacial score (nSPS) is 11.7. The Morgan fingerprint density at radius 1 is 0.841 bits per heavy atom. The fourth-order valence-corrected chi connectivity index (χ4v) is 4.68. The average Bonchev–Trinajstić information content (AvgIpc) is 3.03. The van der Waals surface area contributed by atoms with Crippen molar-refractivity contribution in [1.82, 2.24) is 0 Å². The Balaban J connectivity index is 1.41.